The van der Waals surface area contributed by atoms with Crippen molar-refractivity contribution in [2.75, 3.05) is 6.54 Å². The van der Waals surface area contributed by atoms with Crippen LogP contribution in [0.1, 0.15) is 36.9 Å². The lowest BCUT2D eigenvalue weighted by Gasteiger charge is -2.26. The van der Waals surface area contributed by atoms with Crippen molar-refractivity contribution in [2.24, 2.45) is 4.99 Å². The van der Waals surface area contributed by atoms with Crippen LogP contribution in [0.5, 0.6) is 0 Å². The van der Waals surface area contributed by atoms with Gasteiger partial charge in [0.2, 0.25) is 0 Å². The van der Waals surface area contributed by atoms with E-state index in [1.54, 1.807) is 0 Å². The first-order chi connectivity index (χ1) is 8.33. The van der Waals surface area contributed by atoms with Gasteiger partial charge in [0.1, 0.15) is 0 Å². The highest BCUT2D eigenvalue weighted by Gasteiger charge is 2.23. The Labute approximate surface area is 107 Å². The lowest BCUT2D eigenvalue weighted by atomic mass is 9.88. The predicted molar refractivity (Wildman–Crippen MR) is 74.6 cm³/mol. The summed E-state index contributed by atoms with van der Waals surface area (Å²) < 4.78 is 0. The molecule has 0 bridgehead atoms. The normalized spacial score (nSPS) is 27.5. The smallest absolute Gasteiger partial charge is 0.157 e. The second-order valence-electron chi connectivity index (χ2n) is 4.86. The molecular formula is C14H18N2S. The predicted octanol–water partition coefficient (Wildman–Crippen LogP) is 3.14. The second kappa shape index (κ2) is 4.73. The molecule has 17 heavy (non-hydrogen) atoms. The van der Waals surface area contributed by atoms with E-state index in [1.807, 2.05) is 11.8 Å². The maximum Gasteiger partial charge on any atom is 0.157 e. The largest absolute Gasteiger partial charge is 0.358 e. The number of nitrogens with zero attached hydrogens (tertiary/aromatic N) is 1. The number of hydrogen-bond donors (Lipinski definition) is 1. The zero-order chi connectivity index (χ0) is 11.7. The standard InChI is InChI=1S/C14H18N2S/c1-10-9-15-14(17-10)16-13-8-4-6-11-5-2-3-7-12(11)13/h2-3,5,7,10,13H,4,6,8-9H2,1H3,(H,15,16). The van der Waals surface area contributed by atoms with Crippen molar-refractivity contribution >= 4 is 16.9 Å². The molecule has 90 valence electrons. The van der Waals surface area contributed by atoms with Gasteiger partial charge in [-0.25, -0.2) is 0 Å². The van der Waals surface area contributed by atoms with Crippen LogP contribution in [0.15, 0.2) is 29.3 Å². The van der Waals surface area contributed by atoms with Crippen LogP contribution in [-0.2, 0) is 6.42 Å². The van der Waals surface area contributed by atoms with Gasteiger partial charge in [0.15, 0.2) is 5.17 Å². The van der Waals surface area contributed by atoms with Crippen LogP contribution in [0.25, 0.3) is 0 Å². The van der Waals surface area contributed by atoms with Gasteiger partial charge in [-0.1, -0.05) is 43.0 Å². The highest BCUT2D eigenvalue weighted by atomic mass is 32.2. The molecule has 0 saturated heterocycles. The van der Waals surface area contributed by atoms with E-state index >= 15 is 0 Å². The van der Waals surface area contributed by atoms with E-state index in [0.717, 1.165) is 11.7 Å². The van der Waals surface area contributed by atoms with E-state index in [9.17, 15) is 0 Å². The molecule has 0 saturated carbocycles. The van der Waals surface area contributed by atoms with Crippen LogP contribution >= 0.6 is 11.8 Å². The Hall–Kier alpha value is -0.960. The lowest BCUT2D eigenvalue weighted by molar-refractivity contribution is 0.530. The molecule has 1 heterocycles. The van der Waals surface area contributed by atoms with E-state index < -0.39 is 0 Å². The maximum atomic E-state index is 4.55. The summed E-state index contributed by atoms with van der Waals surface area (Å²) >= 11 is 1.87. The van der Waals surface area contributed by atoms with Gasteiger partial charge in [-0.05, 0) is 30.4 Å². The number of benzene rings is 1. The zero-order valence-electron chi connectivity index (χ0n) is 10.1. The van der Waals surface area contributed by atoms with Gasteiger partial charge < -0.3 is 5.32 Å². The fraction of sp³-hybridized carbons (Fsp3) is 0.500. The van der Waals surface area contributed by atoms with Crippen molar-refractivity contribution < 1.29 is 0 Å². The summed E-state index contributed by atoms with van der Waals surface area (Å²) in [5.74, 6) is 0. The average molecular weight is 246 g/mol. The molecule has 0 aromatic heterocycles. The number of fused-ring (bicyclic) bond motifs is 1. The Morgan fingerprint density at radius 1 is 1.35 bits per heavy atom. The molecule has 1 N–H and O–H groups in total. The fourth-order valence-corrected chi connectivity index (χ4v) is 3.50. The molecule has 1 aliphatic carbocycles. The van der Waals surface area contributed by atoms with Crippen LogP contribution in [0.4, 0.5) is 0 Å². The van der Waals surface area contributed by atoms with Gasteiger partial charge in [-0.2, -0.15) is 0 Å². The molecule has 1 aromatic rings. The third-order valence-corrected chi connectivity index (χ3v) is 4.49. The molecule has 0 radical (unpaired) electrons. The van der Waals surface area contributed by atoms with Gasteiger partial charge in [0, 0.05) is 5.25 Å². The molecule has 2 aliphatic rings. The molecule has 2 nitrogen and oxygen atoms in total. The Morgan fingerprint density at radius 3 is 3.06 bits per heavy atom. The molecule has 0 fully saturated rings. The third-order valence-electron chi connectivity index (χ3n) is 3.47. The molecule has 1 aromatic carbocycles. The first-order valence-corrected chi connectivity index (χ1v) is 7.26. The highest BCUT2D eigenvalue weighted by molar-refractivity contribution is 8.14. The van der Waals surface area contributed by atoms with Gasteiger partial charge in [-0.3, -0.25) is 4.99 Å². The summed E-state index contributed by atoms with van der Waals surface area (Å²) in [5, 5.41) is 5.39. The van der Waals surface area contributed by atoms with Crippen LogP contribution in [-0.4, -0.2) is 17.0 Å². The minimum absolute atomic E-state index is 0.469. The summed E-state index contributed by atoms with van der Waals surface area (Å²) in [6.45, 7) is 3.19. The lowest BCUT2D eigenvalue weighted by Crippen LogP contribution is -2.28. The molecular weight excluding hydrogens is 228 g/mol. The third kappa shape index (κ3) is 2.34. The van der Waals surface area contributed by atoms with Gasteiger partial charge in [0.05, 0.1) is 12.6 Å². The van der Waals surface area contributed by atoms with Crippen molar-refractivity contribution in [1.29, 1.82) is 0 Å². The Balaban J connectivity index is 1.77. The summed E-state index contributed by atoms with van der Waals surface area (Å²) in [4.78, 5) is 4.55. The minimum Gasteiger partial charge on any atom is -0.358 e. The van der Waals surface area contributed by atoms with Crippen molar-refractivity contribution in [3.8, 4) is 0 Å². The molecule has 0 amide bonds. The number of aliphatic imine (C=N–C) groups is 1. The molecule has 1 aliphatic heterocycles. The Bertz CT molecular complexity index is 442. The van der Waals surface area contributed by atoms with Crippen LogP contribution in [0.2, 0.25) is 0 Å². The molecule has 2 unspecified atom stereocenters. The van der Waals surface area contributed by atoms with Gasteiger partial charge in [0.25, 0.3) is 0 Å². The van der Waals surface area contributed by atoms with E-state index in [-0.39, 0.29) is 0 Å². The summed E-state index contributed by atoms with van der Waals surface area (Å²) in [6.07, 6.45) is 3.73. The number of rotatable bonds is 1. The first kappa shape index (κ1) is 11.1. The van der Waals surface area contributed by atoms with Crippen LogP contribution in [0.3, 0.4) is 0 Å². The SMILES string of the molecule is CC1CN=C(NC2CCCc3ccccc32)S1. The van der Waals surface area contributed by atoms with E-state index in [0.29, 0.717) is 11.3 Å². The first-order valence-electron chi connectivity index (χ1n) is 6.38. The van der Waals surface area contributed by atoms with Crippen LogP contribution < -0.4 is 5.32 Å². The maximum absolute atomic E-state index is 4.55. The highest BCUT2D eigenvalue weighted by Crippen LogP contribution is 2.31. The van der Waals surface area contributed by atoms with E-state index in [1.165, 1.54) is 30.4 Å². The Kier molecular flexibility index (Phi) is 3.10. The van der Waals surface area contributed by atoms with Crippen molar-refractivity contribution in [3.05, 3.63) is 35.4 Å². The monoisotopic (exact) mass is 246 g/mol. The number of amidine groups is 1. The number of nitrogens with one attached hydrogen (secondary N) is 1. The fourth-order valence-electron chi connectivity index (χ4n) is 2.61. The summed E-state index contributed by atoms with van der Waals surface area (Å²) in [5.41, 5.74) is 2.98. The molecule has 3 heteroatoms. The van der Waals surface area contributed by atoms with Crippen molar-refractivity contribution in [2.45, 2.75) is 37.5 Å². The quantitative estimate of drug-likeness (QED) is 0.823. The molecule has 3 rings (SSSR count). The van der Waals surface area contributed by atoms with E-state index in [4.69, 9.17) is 0 Å². The summed E-state index contributed by atoms with van der Waals surface area (Å²) in [6, 6.07) is 9.28. The van der Waals surface area contributed by atoms with Crippen LogP contribution in [0, 0.1) is 0 Å². The summed E-state index contributed by atoms with van der Waals surface area (Å²) in [7, 11) is 0. The number of hydrogen-bond acceptors (Lipinski definition) is 3. The van der Waals surface area contributed by atoms with Crippen molar-refractivity contribution in [3.63, 3.8) is 0 Å². The number of thioether (sulfide) groups is 1. The average Bonchev–Trinajstić information content (AvgIpc) is 2.75. The minimum atomic E-state index is 0.469. The number of aryl methyl sites for hydroxylation is 1. The van der Waals surface area contributed by atoms with E-state index in [2.05, 4.69) is 41.5 Å². The van der Waals surface area contributed by atoms with Gasteiger partial charge >= 0.3 is 0 Å². The topological polar surface area (TPSA) is 24.4 Å². The molecule has 0 spiro atoms. The second-order valence-corrected chi connectivity index (χ2v) is 6.29. The van der Waals surface area contributed by atoms with Gasteiger partial charge in [-0.15, -0.1) is 0 Å². The van der Waals surface area contributed by atoms with Crippen molar-refractivity contribution in [1.82, 2.24) is 5.32 Å². The molecule has 2 atom stereocenters. The zero-order valence-corrected chi connectivity index (χ0v) is 11.0. The Morgan fingerprint density at radius 2 is 2.24 bits per heavy atom.